The molecule has 0 spiro atoms. The van der Waals surface area contributed by atoms with Gasteiger partial charge in [-0.25, -0.2) is 4.98 Å². The molecule has 52 valence electrons. The number of aromatic nitrogens is 1. The van der Waals surface area contributed by atoms with E-state index in [0.29, 0.717) is 0 Å². The van der Waals surface area contributed by atoms with Crippen molar-refractivity contribution in [3.8, 4) is 0 Å². The van der Waals surface area contributed by atoms with E-state index in [1.54, 1.807) is 6.08 Å². The zero-order chi connectivity index (χ0) is 7.40. The molecule has 0 bridgehead atoms. The second-order valence-corrected chi connectivity index (χ2v) is 2.56. The number of hydrogen-bond acceptors (Lipinski definition) is 2. The lowest BCUT2D eigenvalue weighted by Crippen LogP contribution is -1.82. The van der Waals surface area contributed by atoms with Gasteiger partial charge in [0.05, 0.1) is 5.69 Å². The number of hydrogen-bond donors (Lipinski definition) is 1. The maximum Gasteiger partial charge on any atom is 0.106 e. The van der Waals surface area contributed by atoms with Gasteiger partial charge in [0, 0.05) is 0 Å². The molecule has 0 amide bonds. The molecule has 0 aliphatic rings. The van der Waals surface area contributed by atoms with Gasteiger partial charge in [0.25, 0.3) is 0 Å². The zero-order valence-electron chi connectivity index (χ0n) is 5.29. The minimum Gasteiger partial charge on any atom is -0.405 e. The van der Waals surface area contributed by atoms with E-state index < -0.39 is 0 Å². The molecule has 1 aromatic heterocycles. The van der Waals surface area contributed by atoms with Crippen molar-refractivity contribution in [3.63, 3.8) is 0 Å². The summed E-state index contributed by atoms with van der Waals surface area (Å²) in [5.41, 5.74) is 6.03. The molecule has 1 heterocycles. The highest BCUT2D eigenvalue weighted by molar-refractivity contribution is 9.10. The van der Waals surface area contributed by atoms with Gasteiger partial charge in [-0.3, -0.25) is 0 Å². The van der Waals surface area contributed by atoms with Crippen molar-refractivity contribution in [3.05, 3.63) is 34.7 Å². The molecule has 0 fully saturated rings. The molecule has 10 heavy (non-hydrogen) atoms. The van der Waals surface area contributed by atoms with Crippen molar-refractivity contribution in [2.75, 3.05) is 0 Å². The van der Waals surface area contributed by atoms with Crippen LogP contribution >= 0.6 is 15.9 Å². The molecular weight excluding hydrogens is 192 g/mol. The number of nitrogens with zero attached hydrogens (tertiary/aromatic N) is 1. The van der Waals surface area contributed by atoms with Crippen molar-refractivity contribution in [1.29, 1.82) is 0 Å². The smallest absolute Gasteiger partial charge is 0.106 e. The van der Waals surface area contributed by atoms with Crippen LogP contribution < -0.4 is 5.73 Å². The molecule has 3 heteroatoms. The van der Waals surface area contributed by atoms with Crippen LogP contribution in [-0.2, 0) is 0 Å². The molecule has 0 aromatic carbocycles. The SMILES string of the molecule is N/C=C\c1cccc(Br)n1. The standard InChI is InChI=1S/C7H7BrN2/c8-7-3-1-2-6(10-7)4-5-9/h1-5H,9H2/b5-4-. The normalized spacial score (nSPS) is 10.5. The lowest BCUT2D eigenvalue weighted by atomic mass is 10.3. The van der Waals surface area contributed by atoms with E-state index in [0.717, 1.165) is 10.3 Å². The van der Waals surface area contributed by atoms with Gasteiger partial charge in [-0.1, -0.05) is 6.07 Å². The van der Waals surface area contributed by atoms with Crippen molar-refractivity contribution >= 4 is 22.0 Å². The van der Waals surface area contributed by atoms with E-state index in [4.69, 9.17) is 5.73 Å². The first-order valence-corrected chi connectivity index (χ1v) is 3.63. The Hall–Kier alpha value is -0.830. The van der Waals surface area contributed by atoms with Crippen LogP contribution in [0.25, 0.3) is 6.08 Å². The Morgan fingerprint density at radius 2 is 2.30 bits per heavy atom. The Balaban J connectivity index is 2.95. The van der Waals surface area contributed by atoms with E-state index in [1.165, 1.54) is 6.20 Å². The maximum absolute atomic E-state index is 5.17. The van der Waals surface area contributed by atoms with Crippen LogP contribution in [0.4, 0.5) is 0 Å². The van der Waals surface area contributed by atoms with E-state index in [-0.39, 0.29) is 0 Å². The summed E-state index contributed by atoms with van der Waals surface area (Å²) in [7, 11) is 0. The summed E-state index contributed by atoms with van der Waals surface area (Å²) in [6.45, 7) is 0. The van der Waals surface area contributed by atoms with E-state index >= 15 is 0 Å². The number of rotatable bonds is 1. The highest BCUT2D eigenvalue weighted by atomic mass is 79.9. The molecule has 0 radical (unpaired) electrons. The first-order chi connectivity index (χ1) is 4.83. The van der Waals surface area contributed by atoms with Crippen LogP contribution in [0, 0.1) is 0 Å². The second kappa shape index (κ2) is 3.37. The van der Waals surface area contributed by atoms with Gasteiger partial charge in [0.15, 0.2) is 0 Å². The third kappa shape index (κ3) is 1.84. The number of nitrogens with two attached hydrogens (primary N) is 1. The van der Waals surface area contributed by atoms with E-state index in [2.05, 4.69) is 20.9 Å². The molecular formula is C7H7BrN2. The molecule has 1 aromatic rings. The Morgan fingerprint density at radius 3 is 2.90 bits per heavy atom. The zero-order valence-corrected chi connectivity index (χ0v) is 6.88. The van der Waals surface area contributed by atoms with Crippen molar-refractivity contribution < 1.29 is 0 Å². The summed E-state index contributed by atoms with van der Waals surface area (Å²) in [6.07, 6.45) is 3.21. The Kier molecular flexibility index (Phi) is 2.45. The highest BCUT2D eigenvalue weighted by Crippen LogP contribution is 2.06. The molecule has 0 aliphatic carbocycles. The number of pyridine rings is 1. The van der Waals surface area contributed by atoms with Gasteiger partial charge in [-0.05, 0) is 40.3 Å². The largest absolute Gasteiger partial charge is 0.405 e. The summed E-state index contributed by atoms with van der Waals surface area (Å²) in [5.74, 6) is 0. The average molecular weight is 199 g/mol. The topological polar surface area (TPSA) is 38.9 Å². The fourth-order valence-corrected chi connectivity index (χ4v) is 0.973. The lowest BCUT2D eigenvalue weighted by molar-refractivity contribution is 1.25. The van der Waals surface area contributed by atoms with Crippen LogP contribution in [0.3, 0.4) is 0 Å². The Morgan fingerprint density at radius 1 is 1.50 bits per heavy atom. The van der Waals surface area contributed by atoms with Gasteiger partial charge < -0.3 is 5.73 Å². The Bertz CT molecular complexity index is 245. The van der Waals surface area contributed by atoms with Crippen molar-refractivity contribution in [1.82, 2.24) is 4.98 Å². The maximum atomic E-state index is 5.17. The molecule has 0 atom stereocenters. The summed E-state index contributed by atoms with van der Waals surface area (Å²) < 4.78 is 0.822. The molecule has 1 rings (SSSR count). The van der Waals surface area contributed by atoms with Gasteiger partial charge in [0.1, 0.15) is 4.60 Å². The summed E-state index contributed by atoms with van der Waals surface area (Å²) in [4.78, 5) is 4.11. The highest BCUT2D eigenvalue weighted by Gasteiger charge is 1.87. The quantitative estimate of drug-likeness (QED) is 0.700. The molecule has 0 unspecified atom stereocenters. The molecule has 2 N–H and O–H groups in total. The van der Waals surface area contributed by atoms with Gasteiger partial charge in [0.2, 0.25) is 0 Å². The van der Waals surface area contributed by atoms with Gasteiger partial charge in [-0.2, -0.15) is 0 Å². The van der Waals surface area contributed by atoms with Crippen molar-refractivity contribution in [2.45, 2.75) is 0 Å². The summed E-state index contributed by atoms with van der Waals surface area (Å²) in [6, 6.07) is 5.66. The van der Waals surface area contributed by atoms with E-state index in [1.807, 2.05) is 18.2 Å². The molecule has 0 saturated heterocycles. The molecule has 0 aliphatic heterocycles. The fraction of sp³-hybridized carbons (Fsp3) is 0. The fourth-order valence-electron chi connectivity index (χ4n) is 0.615. The predicted molar refractivity (Wildman–Crippen MR) is 45.2 cm³/mol. The average Bonchev–Trinajstić information content (AvgIpc) is 1.88. The summed E-state index contributed by atoms with van der Waals surface area (Å²) >= 11 is 3.25. The molecule has 0 saturated carbocycles. The summed E-state index contributed by atoms with van der Waals surface area (Å²) in [5, 5.41) is 0. The van der Waals surface area contributed by atoms with Crippen LogP contribution in [0.2, 0.25) is 0 Å². The monoisotopic (exact) mass is 198 g/mol. The van der Waals surface area contributed by atoms with Gasteiger partial charge >= 0.3 is 0 Å². The van der Waals surface area contributed by atoms with Crippen LogP contribution in [0.5, 0.6) is 0 Å². The first-order valence-electron chi connectivity index (χ1n) is 2.84. The minimum atomic E-state index is 0.822. The second-order valence-electron chi connectivity index (χ2n) is 1.74. The molecule has 2 nitrogen and oxygen atoms in total. The third-order valence-corrected chi connectivity index (χ3v) is 1.45. The van der Waals surface area contributed by atoms with E-state index in [9.17, 15) is 0 Å². The van der Waals surface area contributed by atoms with Crippen LogP contribution in [0.1, 0.15) is 5.69 Å². The van der Waals surface area contributed by atoms with Crippen LogP contribution in [-0.4, -0.2) is 4.98 Å². The minimum absolute atomic E-state index is 0.822. The third-order valence-electron chi connectivity index (χ3n) is 1.00. The Labute approximate surface area is 67.9 Å². The lowest BCUT2D eigenvalue weighted by Gasteiger charge is -1.90. The van der Waals surface area contributed by atoms with Crippen molar-refractivity contribution in [2.24, 2.45) is 5.73 Å². The first kappa shape index (κ1) is 7.28. The van der Waals surface area contributed by atoms with Crippen LogP contribution in [0.15, 0.2) is 29.0 Å². The number of halogens is 1. The predicted octanol–water partition coefficient (Wildman–Crippen LogP) is 1.77. The van der Waals surface area contributed by atoms with Gasteiger partial charge in [-0.15, -0.1) is 0 Å².